The van der Waals surface area contributed by atoms with Crippen molar-refractivity contribution in [2.75, 3.05) is 25.4 Å². The Morgan fingerprint density at radius 1 is 1.40 bits per heavy atom. The third-order valence-corrected chi connectivity index (χ3v) is 3.59. The number of nitrogen functional groups attached to an aromatic ring is 1. The van der Waals surface area contributed by atoms with Crippen molar-refractivity contribution in [1.29, 1.82) is 0 Å². The predicted octanol–water partition coefficient (Wildman–Crippen LogP) is 2.01. The normalized spacial score (nSPS) is 17.7. The Bertz CT molecular complexity index is 472. The van der Waals surface area contributed by atoms with Gasteiger partial charge in [0.05, 0.1) is 5.56 Å². The lowest BCUT2D eigenvalue weighted by Crippen LogP contribution is -2.43. The van der Waals surface area contributed by atoms with Gasteiger partial charge in [-0.2, -0.15) is 0 Å². The van der Waals surface area contributed by atoms with Crippen LogP contribution in [0.5, 0.6) is 0 Å². The lowest BCUT2D eigenvalue weighted by atomic mass is 10.1. The number of hydrogen-bond donors (Lipinski definition) is 2. The number of nitrogens with one attached hydrogen (secondary N) is 1. The van der Waals surface area contributed by atoms with Gasteiger partial charge >= 0.3 is 0 Å². The molecule has 0 aliphatic carbocycles. The molecule has 20 heavy (non-hydrogen) atoms. The molecule has 4 nitrogen and oxygen atoms in total. The number of rotatable bonds is 4. The van der Waals surface area contributed by atoms with Crippen LogP contribution < -0.4 is 11.1 Å². The van der Waals surface area contributed by atoms with E-state index in [9.17, 15) is 9.18 Å². The molecule has 5 heteroatoms. The van der Waals surface area contributed by atoms with Crippen molar-refractivity contribution in [3.63, 3.8) is 0 Å². The smallest absolute Gasteiger partial charge is 0.254 e. The van der Waals surface area contributed by atoms with Crippen LogP contribution in [0.1, 0.15) is 36.5 Å². The summed E-state index contributed by atoms with van der Waals surface area (Å²) in [6, 6.07) is 4.03. The number of nitrogens with zero attached hydrogens (tertiary/aromatic N) is 1. The molecule has 1 aliphatic heterocycles. The first kappa shape index (κ1) is 14.8. The number of carbonyl (C=O) groups is 1. The number of halogens is 1. The van der Waals surface area contributed by atoms with E-state index in [2.05, 4.69) is 10.2 Å². The van der Waals surface area contributed by atoms with Gasteiger partial charge in [-0.3, -0.25) is 4.79 Å². The van der Waals surface area contributed by atoms with Crippen molar-refractivity contribution in [2.24, 2.45) is 0 Å². The summed E-state index contributed by atoms with van der Waals surface area (Å²) in [5, 5.41) is 2.84. The average molecular weight is 279 g/mol. The fourth-order valence-corrected chi connectivity index (χ4v) is 2.59. The molecular weight excluding hydrogens is 257 g/mol. The van der Waals surface area contributed by atoms with E-state index < -0.39 is 11.7 Å². The Morgan fingerprint density at radius 3 is 2.80 bits per heavy atom. The maximum absolute atomic E-state index is 13.6. The van der Waals surface area contributed by atoms with Crippen molar-refractivity contribution in [3.8, 4) is 0 Å². The average Bonchev–Trinajstić information content (AvgIpc) is 2.42. The van der Waals surface area contributed by atoms with E-state index in [1.54, 1.807) is 0 Å². The number of hydrogen-bond acceptors (Lipinski definition) is 3. The molecule has 1 aromatic carbocycles. The summed E-state index contributed by atoms with van der Waals surface area (Å²) in [5.41, 5.74) is 5.99. The van der Waals surface area contributed by atoms with Crippen LogP contribution in [0, 0.1) is 5.82 Å². The Balaban J connectivity index is 1.91. The van der Waals surface area contributed by atoms with E-state index in [1.807, 2.05) is 6.92 Å². The first-order chi connectivity index (χ1) is 9.56. The molecule has 1 unspecified atom stereocenters. The van der Waals surface area contributed by atoms with E-state index in [0.29, 0.717) is 5.69 Å². The summed E-state index contributed by atoms with van der Waals surface area (Å²) in [6.45, 7) is 4.89. The molecule has 1 aliphatic rings. The fourth-order valence-electron chi connectivity index (χ4n) is 2.59. The van der Waals surface area contributed by atoms with Crippen LogP contribution in [-0.4, -0.2) is 36.5 Å². The van der Waals surface area contributed by atoms with Crippen LogP contribution in [0.15, 0.2) is 18.2 Å². The van der Waals surface area contributed by atoms with Crippen LogP contribution >= 0.6 is 0 Å². The highest BCUT2D eigenvalue weighted by atomic mass is 19.1. The maximum Gasteiger partial charge on any atom is 0.254 e. The van der Waals surface area contributed by atoms with Gasteiger partial charge in [-0.25, -0.2) is 4.39 Å². The van der Waals surface area contributed by atoms with Gasteiger partial charge in [-0.15, -0.1) is 0 Å². The molecule has 0 spiro atoms. The van der Waals surface area contributed by atoms with Crippen LogP contribution in [0.25, 0.3) is 0 Å². The van der Waals surface area contributed by atoms with Crippen LogP contribution in [0.3, 0.4) is 0 Å². The number of benzene rings is 1. The van der Waals surface area contributed by atoms with Crippen molar-refractivity contribution in [2.45, 2.75) is 32.2 Å². The summed E-state index contributed by atoms with van der Waals surface area (Å²) in [6.07, 6.45) is 3.71. The zero-order valence-electron chi connectivity index (χ0n) is 11.9. The highest BCUT2D eigenvalue weighted by Gasteiger charge is 2.17. The Morgan fingerprint density at radius 2 is 2.10 bits per heavy atom. The number of nitrogens with two attached hydrogens (primary N) is 1. The number of piperidine rings is 1. The number of likely N-dealkylation sites (tertiary alicyclic amines) is 1. The third-order valence-electron chi connectivity index (χ3n) is 3.59. The maximum atomic E-state index is 13.6. The zero-order chi connectivity index (χ0) is 14.5. The minimum Gasteiger partial charge on any atom is -0.399 e. The molecule has 1 fully saturated rings. The van der Waals surface area contributed by atoms with Gasteiger partial charge in [-0.05, 0) is 51.1 Å². The highest BCUT2D eigenvalue weighted by molar-refractivity contribution is 5.95. The van der Waals surface area contributed by atoms with Crippen LogP contribution in [0.4, 0.5) is 10.1 Å². The van der Waals surface area contributed by atoms with E-state index in [-0.39, 0.29) is 11.6 Å². The lowest BCUT2D eigenvalue weighted by molar-refractivity contribution is 0.0921. The standard InChI is InChI=1S/C15H22FN3O/c1-11(10-19-7-3-2-4-8-19)18-15(20)13-9-12(17)5-6-14(13)16/h5-6,9,11H,2-4,7-8,10,17H2,1H3,(H,18,20). The Labute approximate surface area is 119 Å². The minimum absolute atomic E-state index is 0.00972. The van der Waals surface area contributed by atoms with Crippen LogP contribution in [0.2, 0.25) is 0 Å². The minimum atomic E-state index is -0.540. The van der Waals surface area contributed by atoms with E-state index >= 15 is 0 Å². The van der Waals surface area contributed by atoms with Crippen LogP contribution in [-0.2, 0) is 0 Å². The topological polar surface area (TPSA) is 58.4 Å². The SMILES string of the molecule is CC(CN1CCCCC1)NC(=O)c1cc(N)ccc1F. The van der Waals surface area contributed by atoms with Gasteiger partial charge in [0.1, 0.15) is 5.82 Å². The van der Waals surface area contributed by atoms with E-state index in [0.717, 1.165) is 19.6 Å². The monoisotopic (exact) mass is 279 g/mol. The molecular formula is C15H22FN3O. The summed E-state index contributed by atoms with van der Waals surface area (Å²) >= 11 is 0. The first-order valence-electron chi connectivity index (χ1n) is 7.14. The second-order valence-corrected chi connectivity index (χ2v) is 5.48. The second-order valence-electron chi connectivity index (χ2n) is 5.48. The molecule has 1 atom stereocenters. The molecule has 0 aromatic heterocycles. The summed E-state index contributed by atoms with van der Waals surface area (Å²) in [5.74, 6) is -0.943. The van der Waals surface area contributed by atoms with Gasteiger partial charge in [0.25, 0.3) is 5.91 Å². The van der Waals surface area contributed by atoms with Gasteiger partial charge in [0.15, 0.2) is 0 Å². The molecule has 0 bridgehead atoms. The fraction of sp³-hybridized carbons (Fsp3) is 0.533. The summed E-state index contributed by atoms with van der Waals surface area (Å²) < 4.78 is 13.6. The summed E-state index contributed by atoms with van der Waals surface area (Å²) in [7, 11) is 0. The van der Waals surface area contributed by atoms with Crippen molar-refractivity contribution in [1.82, 2.24) is 10.2 Å². The Kier molecular flexibility index (Phi) is 4.95. The largest absolute Gasteiger partial charge is 0.399 e. The molecule has 1 amide bonds. The molecule has 1 aromatic rings. The predicted molar refractivity (Wildman–Crippen MR) is 78.0 cm³/mol. The zero-order valence-corrected chi connectivity index (χ0v) is 11.9. The molecule has 3 N–H and O–H groups in total. The van der Waals surface area contributed by atoms with Crippen molar-refractivity contribution < 1.29 is 9.18 Å². The number of amides is 1. The molecule has 0 radical (unpaired) electrons. The van der Waals surface area contributed by atoms with Gasteiger partial charge in [0, 0.05) is 18.3 Å². The molecule has 1 saturated heterocycles. The third kappa shape index (κ3) is 3.93. The van der Waals surface area contributed by atoms with E-state index in [1.165, 1.54) is 37.5 Å². The van der Waals surface area contributed by atoms with E-state index in [4.69, 9.17) is 5.73 Å². The quantitative estimate of drug-likeness (QED) is 0.829. The Hall–Kier alpha value is -1.62. The number of carbonyl (C=O) groups excluding carboxylic acids is 1. The molecule has 1 heterocycles. The highest BCUT2D eigenvalue weighted by Crippen LogP contribution is 2.13. The van der Waals surface area contributed by atoms with Gasteiger partial charge in [0.2, 0.25) is 0 Å². The first-order valence-corrected chi connectivity index (χ1v) is 7.14. The number of anilines is 1. The molecule has 0 saturated carbocycles. The van der Waals surface area contributed by atoms with Crippen molar-refractivity contribution >= 4 is 11.6 Å². The van der Waals surface area contributed by atoms with Crippen molar-refractivity contribution in [3.05, 3.63) is 29.6 Å². The molecule has 110 valence electrons. The van der Waals surface area contributed by atoms with Gasteiger partial charge in [-0.1, -0.05) is 6.42 Å². The lowest BCUT2D eigenvalue weighted by Gasteiger charge is -2.29. The van der Waals surface area contributed by atoms with Gasteiger partial charge < -0.3 is 16.0 Å². The summed E-state index contributed by atoms with van der Waals surface area (Å²) in [4.78, 5) is 14.4. The molecule has 2 rings (SSSR count). The second kappa shape index (κ2) is 6.70.